The van der Waals surface area contributed by atoms with Gasteiger partial charge in [0.15, 0.2) is 0 Å². The van der Waals surface area contributed by atoms with Gasteiger partial charge in [0.2, 0.25) is 5.91 Å². The lowest BCUT2D eigenvalue weighted by molar-refractivity contribution is -0.134. The van der Waals surface area contributed by atoms with Gasteiger partial charge in [-0.3, -0.25) is 4.79 Å². The number of nitrogens with one attached hydrogen (secondary N) is 2. The van der Waals surface area contributed by atoms with Crippen LogP contribution in [0.3, 0.4) is 0 Å². The van der Waals surface area contributed by atoms with E-state index in [0.717, 1.165) is 25.9 Å². The average molecular weight is 226 g/mol. The molecule has 0 saturated carbocycles. The first-order valence-electron chi connectivity index (χ1n) is 6.37. The Balaban J connectivity index is 2.77. The smallest absolute Gasteiger partial charge is 0.228 e. The van der Waals surface area contributed by atoms with Gasteiger partial charge in [-0.05, 0) is 39.2 Å². The standard InChI is InChI=1S/C13H26N2O/c1-6-12(4,5)15-11(16)13(10(2)3)7-8-14-9-13/h10,14H,6-9H2,1-5H3,(H,15,16). The maximum Gasteiger partial charge on any atom is 0.228 e. The van der Waals surface area contributed by atoms with Crippen molar-refractivity contribution >= 4 is 5.91 Å². The van der Waals surface area contributed by atoms with E-state index >= 15 is 0 Å². The van der Waals surface area contributed by atoms with E-state index in [-0.39, 0.29) is 16.9 Å². The first-order chi connectivity index (χ1) is 7.34. The van der Waals surface area contributed by atoms with Crippen LogP contribution in [0.1, 0.15) is 47.5 Å². The molecule has 0 bridgehead atoms. The molecular formula is C13H26N2O. The Morgan fingerprint density at radius 2 is 2.12 bits per heavy atom. The number of amides is 1. The van der Waals surface area contributed by atoms with E-state index in [1.54, 1.807) is 0 Å². The van der Waals surface area contributed by atoms with Crippen molar-refractivity contribution in [3.8, 4) is 0 Å². The Morgan fingerprint density at radius 3 is 2.50 bits per heavy atom. The van der Waals surface area contributed by atoms with Gasteiger partial charge in [0.1, 0.15) is 0 Å². The number of rotatable bonds is 4. The van der Waals surface area contributed by atoms with Gasteiger partial charge >= 0.3 is 0 Å². The molecule has 1 saturated heterocycles. The molecule has 2 N–H and O–H groups in total. The van der Waals surface area contributed by atoms with Crippen molar-refractivity contribution in [1.82, 2.24) is 10.6 Å². The molecule has 0 aliphatic carbocycles. The molecule has 16 heavy (non-hydrogen) atoms. The van der Waals surface area contributed by atoms with Crippen LogP contribution in [-0.2, 0) is 4.79 Å². The number of carbonyl (C=O) groups excluding carboxylic acids is 1. The van der Waals surface area contributed by atoms with Crippen LogP contribution in [-0.4, -0.2) is 24.5 Å². The van der Waals surface area contributed by atoms with Crippen LogP contribution in [0.15, 0.2) is 0 Å². The topological polar surface area (TPSA) is 41.1 Å². The number of hydrogen-bond donors (Lipinski definition) is 2. The second-order valence-corrected chi connectivity index (χ2v) is 5.93. The summed E-state index contributed by atoms with van der Waals surface area (Å²) < 4.78 is 0. The molecule has 3 nitrogen and oxygen atoms in total. The van der Waals surface area contributed by atoms with Crippen molar-refractivity contribution in [1.29, 1.82) is 0 Å². The average Bonchev–Trinajstić information content (AvgIpc) is 2.66. The summed E-state index contributed by atoms with van der Waals surface area (Å²) in [7, 11) is 0. The van der Waals surface area contributed by atoms with Crippen LogP contribution in [0.4, 0.5) is 0 Å². The van der Waals surface area contributed by atoms with Crippen molar-refractivity contribution in [3.63, 3.8) is 0 Å². The zero-order valence-electron chi connectivity index (χ0n) is 11.3. The van der Waals surface area contributed by atoms with E-state index in [1.807, 2.05) is 0 Å². The molecule has 1 atom stereocenters. The highest BCUT2D eigenvalue weighted by atomic mass is 16.2. The Bertz CT molecular complexity index is 253. The fourth-order valence-corrected chi connectivity index (χ4v) is 2.18. The monoisotopic (exact) mass is 226 g/mol. The summed E-state index contributed by atoms with van der Waals surface area (Å²) in [4.78, 5) is 12.4. The molecule has 1 amide bonds. The van der Waals surface area contributed by atoms with E-state index in [0.29, 0.717) is 5.92 Å². The van der Waals surface area contributed by atoms with Crippen molar-refractivity contribution < 1.29 is 4.79 Å². The number of carbonyl (C=O) groups is 1. The van der Waals surface area contributed by atoms with Crippen molar-refractivity contribution in [2.24, 2.45) is 11.3 Å². The van der Waals surface area contributed by atoms with E-state index in [4.69, 9.17) is 0 Å². The van der Waals surface area contributed by atoms with Gasteiger partial charge in [-0.1, -0.05) is 20.8 Å². The highest BCUT2D eigenvalue weighted by Gasteiger charge is 2.44. The maximum atomic E-state index is 12.4. The molecule has 1 aliphatic heterocycles. The lowest BCUT2D eigenvalue weighted by Gasteiger charge is -2.35. The van der Waals surface area contributed by atoms with E-state index in [9.17, 15) is 4.79 Å². The van der Waals surface area contributed by atoms with Crippen LogP contribution in [0.25, 0.3) is 0 Å². The van der Waals surface area contributed by atoms with Gasteiger partial charge in [0.05, 0.1) is 5.41 Å². The summed E-state index contributed by atoms with van der Waals surface area (Å²) in [5.74, 6) is 0.606. The van der Waals surface area contributed by atoms with E-state index in [1.165, 1.54) is 0 Å². The predicted octanol–water partition coefficient (Wildman–Crippen LogP) is 1.93. The second-order valence-electron chi connectivity index (χ2n) is 5.93. The van der Waals surface area contributed by atoms with Crippen molar-refractivity contribution in [2.45, 2.75) is 53.0 Å². The molecule has 0 spiro atoms. The minimum atomic E-state index is -0.202. The van der Waals surface area contributed by atoms with Crippen molar-refractivity contribution in [2.75, 3.05) is 13.1 Å². The Kier molecular flexibility index (Phi) is 4.00. The normalized spacial score (nSPS) is 26.1. The van der Waals surface area contributed by atoms with Gasteiger partial charge in [-0.25, -0.2) is 0 Å². The van der Waals surface area contributed by atoms with Gasteiger partial charge in [-0.2, -0.15) is 0 Å². The second kappa shape index (κ2) is 4.74. The molecule has 1 rings (SSSR count). The number of hydrogen-bond acceptors (Lipinski definition) is 2. The van der Waals surface area contributed by atoms with Gasteiger partial charge in [0, 0.05) is 12.1 Å². The first-order valence-corrected chi connectivity index (χ1v) is 6.37. The molecular weight excluding hydrogens is 200 g/mol. The third kappa shape index (κ3) is 2.57. The van der Waals surface area contributed by atoms with E-state index in [2.05, 4.69) is 45.3 Å². The van der Waals surface area contributed by atoms with Gasteiger partial charge < -0.3 is 10.6 Å². The lowest BCUT2D eigenvalue weighted by atomic mass is 9.75. The zero-order chi connectivity index (χ0) is 12.4. The fraction of sp³-hybridized carbons (Fsp3) is 0.923. The van der Waals surface area contributed by atoms with Crippen LogP contribution in [0.2, 0.25) is 0 Å². The molecule has 94 valence electrons. The first kappa shape index (κ1) is 13.5. The third-order valence-corrected chi connectivity index (χ3v) is 4.08. The molecule has 1 aliphatic rings. The van der Waals surface area contributed by atoms with Crippen molar-refractivity contribution in [3.05, 3.63) is 0 Å². The van der Waals surface area contributed by atoms with Gasteiger partial charge in [0.25, 0.3) is 0 Å². The molecule has 0 aromatic carbocycles. The third-order valence-electron chi connectivity index (χ3n) is 4.08. The Labute approximate surface area is 99.4 Å². The summed E-state index contributed by atoms with van der Waals surface area (Å²) in [6.45, 7) is 12.3. The maximum absolute atomic E-state index is 12.4. The summed E-state index contributed by atoms with van der Waals surface area (Å²) in [5.41, 5.74) is -0.298. The summed E-state index contributed by atoms with van der Waals surface area (Å²) in [5, 5.41) is 6.51. The largest absolute Gasteiger partial charge is 0.351 e. The molecule has 3 heteroatoms. The molecule has 0 aromatic rings. The molecule has 1 fully saturated rings. The Hall–Kier alpha value is -0.570. The lowest BCUT2D eigenvalue weighted by Crippen LogP contribution is -2.53. The highest BCUT2D eigenvalue weighted by molar-refractivity contribution is 5.84. The summed E-state index contributed by atoms with van der Waals surface area (Å²) >= 11 is 0. The summed E-state index contributed by atoms with van der Waals surface area (Å²) in [6, 6.07) is 0. The molecule has 1 unspecified atom stereocenters. The SMILES string of the molecule is CCC(C)(C)NC(=O)C1(C(C)C)CCNC1. The van der Waals surface area contributed by atoms with Crippen LogP contribution in [0, 0.1) is 11.3 Å². The minimum Gasteiger partial charge on any atom is -0.351 e. The van der Waals surface area contributed by atoms with Crippen LogP contribution < -0.4 is 10.6 Å². The van der Waals surface area contributed by atoms with Crippen LogP contribution >= 0.6 is 0 Å². The predicted molar refractivity (Wildman–Crippen MR) is 67.3 cm³/mol. The minimum absolute atomic E-state index is 0.0957. The zero-order valence-corrected chi connectivity index (χ0v) is 11.3. The fourth-order valence-electron chi connectivity index (χ4n) is 2.18. The summed E-state index contributed by atoms with van der Waals surface area (Å²) in [6.07, 6.45) is 1.91. The van der Waals surface area contributed by atoms with E-state index < -0.39 is 0 Å². The van der Waals surface area contributed by atoms with Gasteiger partial charge in [-0.15, -0.1) is 0 Å². The highest BCUT2D eigenvalue weighted by Crippen LogP contribution is 2.35. The molecule has 0 aromatic heterocycles. The Morgan fingerprint density at radius 1 is 1.50 bits per heavy atom. The van der Waals surface area contributed by atoms with Crippen LogP contribution in [0.5, 0.6) is 0 Å². The quantitative estimate of drug-likeness (QED) is 0.769. The molecule has 1 heterocycles. The molecule has 0 radical (unpaired) electrons.